The maximum Gasteiger partial charge on any atom is 0.368 e. The molecule has 3 aromatic rings. The molecule has 2 aromatic carbocycles. The SMILES string of the molecule is CC1N2C(=N[C@H]3CCC[C@H]32)C2=C(N(Nc3ccccc3)N(Cc3ccc(-c4ccccn4)cc3)C2)[N+]1=O. The number of hydrogen-bond donors (Lipinski definition) is 1. The van der Waals surface area contributed by atoms with Crippen molar-refractivity contribution in [1.29, 1.82) is 0 Å². The molecule has 1 saturated carbocycles. The molecule has 186 valence electrons. The van der Waals surface area contributed by atoms with Crippen LogP contribution in [0.25, 0.3) is 11.3 Å². The molecule has 1 fully saturated rings. The van der Waals surface area contributed by atoms with E-state index < -0.39 is 0 Å². The highest BCUT2D eigenvalue weighted by molar-refractivity contribution is 6.01. The van der Waals surface area contributed by atoms with E-state index in [1.54, 1.807) is 0 Å². The monoisotopic (exact) mass is 492 g/mol. The van der Waals surface area contributed by atoms with E-state index in [1.807, 2.05) is 66.8 Å². The highest BCUT2D eigenvalue weighted by Gasteiger charge is 2.56. The van der Waals surface area contributed by atoms with Crippen molar-refractivity contribution in [3.8, 4) is 11.3 Å². The first-order valence-electron chi connectivity index (χ1n) is 13.1. The van der Waals surface area contributed by atoms with E-state index in [4.69, 9.17) is 4.99 Å². The summed E-state index contributed by atoms with van der Waals surface area (Å²) in [5.41, 5.74) is 8.65. The number of pyridine rings is 1. The van der Waals surface area contributed by atoms with E-state index >= 15 is 0 Å². The maximum atomic E-state index is 13.8. The zero-order valence-electron chi connectivity index (χ0n) is 20.9. The summed E-state index contributed by atoms with van der Waals surface area (Å²) >= 11 is 0. The number of hydrazine groups is 2. The Kier molecular flexibility index (Phi) is 5.28. The number of aliphatic imine (C=N–C) groups is 1. The van der Waals surface area contributed by atoms with Crippen LogP contribution in [-0.2, 0) is 6.54 Å². The Balaban J connectivity index is 1.22. The molecule has 8 nitrogen and oxygen atoms in total. The van der Waals surface area contributed by atoms with E-state index in [2.05, 4.69) is 44.6 Å². The number of anilines is 1. The third-order valence-corrected chi connectivity index (χ3v) is 7.94. The van der Waals surface area contributed by atoms with Crippen molar-refractivity contribution in [3.63, 3.8) is 0 Å². The third-order valence-electron chi connectivity index (χ3n) is 7.94. The van der Waals surface area contributed by atoms with Gasteiger partial charge in [-0.1, -0.05) is 58.6 Å². The van der Waals surface area contributed by atoms with Crippen LogP contribution in [0.5, 0.6) is 0 Å². The summed E-state index contributed by atoms with van der Waals surface area (Å²) in [5.74, 6) is 1.66. The molecule has 4 aliphatic rings. The summed E-state index contributed by atoms with van der Waals surface area (Å²) in [4.78, 5) is 25.7. The predicted octanol–water partition coefficient (Wildman–Crippen LogP) is 4.79. The van der Waals surface area contributed by atoms with Crippen LogP contribution in [-0.4, -0.2) is 55.4 Å². The second-order valence-electron chi connectivity index (χ2n) is 10.2. The number of fused-ring (bicyclic) bond motifs is 4. The summed E-state index contributed by atoms with van der Waals surface area (Å²) in [6, 6.07) is 25.1. The van der Waals surface area contributed by atoms with E-state index in [0.717, 1.165) is 46.8 Å². The van der Waals surface area contributed by atoms with E-state index in [9.17, 15) is 4.91 Å². The van der Waals surface area contributed by atoms with Gasteiger partial charge in [-0.05, 0) is 56.0 Å². The van der Waals surface area contributed by atoms with Crippen molar-refractivity contribution >= 4 is 11.5 Å². The molecule has 0 amide bonds. The third kappa shape index (κ3) is 3.71. The number of amidine groups is 1. The highest BCUT2D eigenvalue weighted by atomic mass is 16.3. The van der Waals surface area contributed by atoms with Crippen LogP contribution in [0.15, 0.2) is 95.4 Å². The molecule has 0 spiro atoms. The van der Waals surface area contributed by atoms with Crippen molar-refractivity contribution in [2.45, 2.75) is 51.0 Å². The van der Waals surface area contributed by atoms with Crippen molar-refractivity contribution < 1.29 is 4.76 Å². The fourth-order valence-corrected chi connectivity index (χ4v) is 6.15. The summed E-state index contributed by atoms with van der Waals surface area (Å²) < 4.78 is 1.18. The van der Waals surface area contributed by atoms with Gasteiger partial charge in [-0.15, -0.1) is 5.01 Å². The number of hydrogen-bond acceptors (Lipinski definition) is 7. The van der Waals surface area contributed by atoms with Crippen LogP contribution in [0, 0.1) is 4.91 Å². The van der Waals surface area contributed by atoms with Crippen LogP contribution in [0.1, 0.15) is 31.7 Å². The molecule has 3 atom stereocenters. The second kappa shape index (κ2) is 8.81. The van der Waals surface area contributed by atoms with Gasteiger partial charge in [0.1, 0.15) is 11.4 Å². The van der Waals surface area contributed by atoms with Crippen LogP contribution >= 0.6 is 0 Å². The topological polar surface area (TPSA) is 67.1 Å². The molecule has 1 aromatic heterocycles. The minimum absolute atomic E-state index is 0.289. The van der Waals surface area contributed by atoms with Gasteiger partial charge in [0.25, 0.3) is 0 Å². The van der Waals surface area contributed by atoms with Gasteiger partial charge < -0.3 is 4.90 Å². The summed E-state index contributed by atoms with van der Waals surface area (Å²) in [5, 5.41) is 4.14. The number of benzene rings is 2. The largest absolute Gasteiger partial charge is 0.368 e. The summed E-state index contributed by atoms with van der Waals surface area (Å²) in [7, 11) is 0. The van der Waals surface area contributed by atoms with Crippen molar-refractivity contribution in [3.05, 3.63) is 101 Å². The smallest absolute Gasteiger partial charge is 0.310 e. The Morgan fingerprint density at radius 3 is 2.59 bits per heavy atom. The van der Waals surface area contributed by atoms with Crippen LogP contribution in [0.3, 0.4) is 0 Å². The Bertz CT molecular complexity index is 1390. The second-order valence-corrected chi connectivity index (χ2v) is 10.2. The fourth-order valence-electron chi connectivity index (χ4n) is 6.15. The fraction of sp³-hybridized carbons (Fsp3) is 0.310. The van der Waals surface area contributed by atoms with Gasteiger partial charge in [0.05, 0.1) is 36.6 Å². The quantitative estimate of drug-likeness (QED) is 0.517. The number of aromatic nitrogens is 1. The van der Waals surface area contributed by atoms with Crippen molar-refractivity contribution in [2.75, 3.05) is 12.0 Å². The van der Waals surface area contributed by atoms with Gasteiger partial charge in [0.15, 0.2) is 0 Å². The average molecular weight is 493 g/mol. The van der Waals surface area contributed by atoms with Gasteiger partial charge in [-0.25, -0.2) is 5.43 Å². The lowest BCUT2D eigenvalue weighted by Gasteiger charge is -2.33. The molecule has 4 heterocycles. The Morgan fingerprint density at radius 1 is 1.00 bits per heavy atom. The molecule has 7 rings (SSSR count). The molecule has 3 aliphatic heterocycles. The Morgan fingerprint density at radius 2 is 1.81 bits per heavy atom. The van der Waals surface area contributed by atoms with Gasteiger partial charge in [0.2, 0.25) is 6.17 Å². The van der Waals surface area contributed by atoms with E-state index in [1.165, 1.54) is 11.2 Å². The Hall–Kier alpha value is -4.04. The lowest BCUT2D eigenvalue weighted by molar-refractivity contribution is -0.578. The van der Waals surface area contributed by atoms with Gasteiger partial charge >= 0.3 is 5.82 Å². The number of nitroso groups, excluding NO2 is 1. The average Bonchev–Trinajstić information content (AvgIpc) is 3.63. The zero-order valence-corrected chi connectivity index (χ0v) is 20.9. The minimum Gasteiger partial charge on any atom is -0.310 e. The van der Waals surface area contributed by atoms with Crippen molar-refractivity contribution in [1.82, 2.24) is 20.0 Å². The number of nitrogens with one attached hydrogen (secondary N) is 1. The number of para-hydroxylation sites is 1. The van der Waals surface area contributed by atoms with Gasteiger partial charge in [-0.3, -0.25) is 9.98 Å². The maximum absolute atomic E-state index is 13.8. The molecule has 0 bridgehead atoms. The standard InChI is InChI=1S/C29H30N7O/c1-20-34-27-12-7-11-26(27)31-28(34)24-19-33(36(29(24)35(20)37)32-23-8-3-2-4-9-23)18-21-13-15-22(16-14-21)25-10-5-6-17-30-25/h2-6,8-10,13-17,20,26-27,32H,7,11-12,18-19H2,1H3/q+1/t20?,26-,27+/m0/s1. The zero-order chi connectivity index (χ0) is 24.9. The molecule has 8 heteroatoms. The molecule has 1 N–H and O–H groups in total. The highest BCUT2D eigenvalue weighted by Crippen LogP contribution is 2.41. The summed E-state index contributed by atoms with van der Waals surface area (Å²) in [6.07, 6.45) is 4.93. The first kappa shape index (κ1) is 22.2. The molecule has 0 saturated heterocycles. The molecule has 37 heavy (non-hydrogen) atoms. The number of nitrogens with zero attached hydrogens (tertiary/aromatic N) is 6. The molecular weight excluding hydrogens is 462 g/mol. The molecule has 0 radical (unpaired) electrons. The first-order chi connectivity index (χ1) is 18.2. The first-order valence-corrected chi connectivity index (χ1v) is 13.1. The number of rotatable bonds is 5. The van der Waals surface area contributed by atoms with Crippen LogP contribution < -0.4 is 5.43 Å². The molecule has 1 unspecified atom stereocenters. The van der Waals surface area contributed by atoms with Crippen molar-refractivity contribution in [2.24, 2.45) is 4.99 Å². The Labute approximate surface area is 216 Å². The van der Waals surface area contributed by atoms with Gasteiger partial charge in [0, 0.05) is 16.5 Å². The van der Waals surface area contributed by atoms with Gasteiger partial charge in [-0.2, -0.15) is 0 Å². The molecule has 1 aliphatic carbocycles. The predicted molar refractivity (Wildman–Crippen MR) is 143 cm³/mol. The van der Waals surface area contributed by atoms with E-state index in [0.29, 0.717) is 31.0 Å². The normalized spacial score (nSPS) is 24.7. The summed E-state index contributed by atoms with van der Waals surface area (Å²) in [6.45, 7) is 3.28. The van der Waals surface area contributed by atoms with E-state index in [-0.39, 0.29) is 6.17 Å². The molecular formula is C29H30N7O+. The van der Waals surface area contributed by atoms with Crippen LogP contribution in [0.4, 0.5) is 5.69 Å². The minimum atomic E-state index is -0.289. The lowest BCUT2D eigenvalue weighted by Crippen LogP contribution is -2.53. The van der Waals surface area contributed by atoms with Crippen LogP contribution in [0.2, 0.25) is 0 Å². The lowest BCUT2D eigenvalue weighted by atomic mass is 10.1.